The number of carbonyl (C=O) groups is 3. The number of amides is 4. The van der Waals surface area contributed by atoms with Gasteiger partial charge in [0.05, 0.1) is 16.8 Å². The van der Waals surface area contributed by atoms with Crippen molar-refractivity contribution < 1.29 is 28.6 Å². The molecule has 0 bridgehead atoms. The summed E-state index contributed by atoms with van der Waals surface area (Å²) in [5, 5.41) is 3.84. The van der Waals surface area contributed by atoms with Gasteiger partial charge in [0.2, 0.25) is 0 Å². The van der Waals surface area contributed by atoms with Crippen LogP contribution in [0.1, 0.15) is 23.6 Å². The molecule has 4 amide bonds. The van der Waals surface area contributed by atoms with Crippen LogP contribution in [0, 0.1) is 0 Å². The van der Waals surface area contributed by atoms with E-state index >= 15 is 0 Å². The minimum absolute atomic E-state index is 0.185. The summed E-state index contributed by atoms with van der Waals surface area (Å²) in [6.07, 6.45) is 1.39. The van der Waals surface area contributed by atoms with Gasteiger partial charge in [0, 0.05) is 20.6 Å². The maximum Gasteiger partial charge on any atom is 0.335 e. The van der Waals surface area contributed by atoms with E-state index in [9.17, 15) is 14.4 Å². The van der Waals surface area contributed by atoms with E-state index < -0.39 is 17.8 Å². The first kappa shape index (κ1) is 32.4. The molecular weight excluding hydrogens is 707 g/mol. The van der Waals surface area contributed by atoms with Crippen LogP contribution in [0.2, 0.25) is 15.1 Å². The quantitative estimate of drug-likeness (QED) is 0.130. The number of carbonyl (C=O) groups excluding carboxylic acids is 3. The second-order valence-electron chi connectivity index (χ2n) is 9.65. The standard InChI is InChI=1S/C33H24BrCl3N2O6/c1-2-43-29-15-20(14-27(34)30(29)45-17-19-3-6-22(35)7-4-19)13-26-31(40)38-33(42)39(32(26)41)24-9-11-25(12-10-24)44-18-21-5-8-23(36)16-28(21)37/h3-16H,2,17-18H2,1H3,(H,38,40,42)/b26-13+. The van der Waals surface area contributed by atoms with Gasteiger partial charge >= 0.3 is 6.03 Å². The fourth-order valence-electron chi connectivity index (χ4n) is 4.36. The fourth-order valence-corrected chi connectivity index (χ4v) is 5.52. The Morgan fingerprint density at radius 2 is 1.53 bits per heavy atom. The molecule has 8 nitrogen and oxygen atoms in total. The van der Waals surface area contributed by atoms with Gasteiger partial charge in [-0.15, -0.1) is 0 Å². The van der Waals surface area contributed by atoms with Crippen LogP contribution in [0.5, 0.6) is 17.2 Å². The van der Waals surface area contributed by atoms with Crippen molar-refractivity contribution in [2.75, 3.05) is 11.5 Å². The molecule has 45 heavy (non-hydrogen) atoms. The van der Waals surface area contributed by atoms with Crippen molar-refractivity contribution in [2.24, 2.45) is 0 Å². The lowest BCUT2D eigenvalue weighted by Crippen LogP contribution is -2.54. The molecule has 230 valence electrons. The highest BCUT2D eigenvalue weighted by Gasteiger charge is 2.37. The molecule has 0 radical (unpaired) electrons. The average molecular weight is 731 g/mol. The third-order valence-electron chi connectivity index (χ3n) is 6.55. The number of anilines is 1. The fraction of sp³-hybridized carbons (Fsp3) is 0.121. The molecule has 1 N–H and O–H groups in total. The van der Waals surface area contributed by atoms with Gasteiger partial charge in [0.1, 0.15) is 24.5 Å². The van der Waals surface area contributed by atoms with Crippen molar-refractivity contribution in [2.45, 2.75) is 20.1 Å². The van der Waals surface area contributed by atoms with E-state index in [1.165, 1.54) is 6.08 Å². The molecule has 4 aromatic carbocycles. The Kier molecular flexibility index (Phi) is 10.4. The Morgan fingerprint density at radius 3 is 2.22 bits per heavy atom. The Balaban J connectivity index is 1.35. The van der Waals surface area contributed by atoms with E-state index in [1.54, 1.807) is 66.7 Å². The third-order valence-corrected chi connectivity index (χ3v) is 7.97. The van der Waals surface area contributed by atoms with Crippen LogP contribution in [0.25, 0.3) is 6.08 Å². The first-order valence-corrected chi connectivity index (χ1v) is 15.5. The largest absolute Gasteiger partial charge is 0.490 e. The maximum atomic E-state index is 13.5. The number of barbiturate groups is 1. The molecule has 0 atom stereocenters. The van der Waals surface area contributed by atoms with Crippen molar-refractivity contribution in [1.29, 1.82) is 0 Å². The Bertz CT molecular complexity index is 1800. The average Bonchev–Trinajstić information content (AvgIpc) is 3.00. The lowest BCUT2D eigenvalue weighted by molar-refractivity contribution is -0.122. The lowest BCUT2D eigenvalue weighted by atomic mass is 10.1. The molecule has 0 saturated carbocycles. The van der Waals surface area contributed by atoms with Crippen LogP contribution in [-0.2, 0) is 22.8 Å². The van der Waals surface area contributed by atoms with E-state index in [0.29, 0.717) is 49.0 Å². The molecule has 1 aliphatic rings. The second kappa shape index (κ2) is 14.4. The smallest absolute Gasteiger partial charge is 0.335 e. The number of rotatable bonds is 10. The number of hydrogen-bond acceptors (Lipinski definition) is 6. The summed E-state index contributed by atoms with van der Waals surface area (Å²) in [5.74, 6) is -0.278. The summed E-state index contributed by atoms with van der Waals surface area (Å²) in [6.45, 7) is 2.61. The number of hydrogen-bond donors (Lipinski definition) is 1. The summed E-state index contributed by atoms with van der Waals surface area (Å²) in [7, 11) is 0. The molecule has 1 fully saturated rings. The van der Waals surface area contributed by atoms with Crippen LogP contribution >= 0.6 is 50.7 Å². The number of halogens is 4. The highest BCUT2D eigenvalue weighted by molar-refractivity contribution is 9.10. The highest BCUT2D eigenvalue weighted by Crippen LogP contribution is 2.38. The number of nitrogens with one attached hydrogen (secondary N) is 1. The topological polar surface area (TPSA) is 94.2 Å². The van der Waals surface area contributed by atoms with Gasteiger partial charge in [-0.05, 0) is 101 Å². The van der Waals surface area contributed by atoms with Gasteiger partial charge in [-0.2, -0.15) is 0 Å². The number of benzene rings is 4. The molecule has 0 unspecified atom stereocenters. The lowest BCUT2D eigenvalue weighted by Gasteiger charge is -2.26. The van der Waals surface area contributed by atoms with Crippen molar-refractivity contribution in [3.63, 3.8) is 0 Å². The Labute approximate surface area is 282 Å². The SMILES string of the molecule is CCOc1cc(/C=C2\C(=O)NC(=O)N(c3ccc(OCc4ccc(Cl)cc4Cl)cc3)C2=O)cc(Br)c1OCc1ccc(Cl)cc1. The molecule has 1 heterocycles. The van der Waals surface area contributed by atoms with E-state index in [0.717, 1.165) is 16.0 Å². The third kappa shape index (κ3) is 7.80. The van der Waals surface area contributed by atoms with Gasteiger partial charge in [0.15, 0.2) is 11.5 Å². The number of imide groups is 2. The first-order valence-electron chi connectivity index (χ1n) is 13.5. The molecule has 1 aliphatic heterocycles. The highest BCUT2D eigenvalue weighted by atomic mass is 79.9. The van der Waals surface area contributed by atoms with Crippen LogP contribution in [0.15, 0.2) is 88.9 Å². The van der Waals surface area contributed by atoms with Crippen LogP contribution in [0.3, 0.4) is 0 Å². The van der Waals surface area contributed by atoms with E-state index in [-0.39, 0.29) is 24.5 Å². The zero-order valence-electron chi connectivity index (χ0n) is 23.6. The summed E-state index contributed by atoms with van der Waals surface area (Å²) in [4.78, 5) is 39.9. The van der Waals surface area contributed by atoms with Crippen LogP contribution in [-0.4, -0.2) is 24.5 Å². The molecule has 0 aliphatic carbocycles. The normalized spacial score (nSPS) is 14.0. The van der Waals surface area contributed by atoms with Crippen LogP contribution < -0.4 is 24.4 Å². The van der Waals surface area contributed by atoms with Gasteiger partial charge in [0.25, 0.3) is 11.8 Å². The van der Waals surface area contributed by atoms with E-state index in [4.69, 9.17) is 49.0 Å². The zero-order valence-corrected chi connectivity index (χ0v) is 27.5. The monoisotopic (exact) mass is 728 g/mol. The summed E-state index contributed by atoms with van der Waals surface area (Å²) < 4.78 is 18.2. The van der Waals surface area contributed by atoms with Crippen molar-refractivity contribution in [1.82, 2.24) is 5.32 Å². The number of urea groups is 1. The summed E-state index contributed by atoms with van der Waals surface area (Å²) >= 11 is 21.7. The molecule has 0 aromatic heterocycles. The predicted molar refractivity (Wildman–Crippen MR) is 177 cm³/mol. The Hall–Kier alpha value is -4.02. The molecule has 12 heteroatoms. The van der Waals surface area contributed by atoms with E-state index in [2.05, 4.69) is 21.2 Å². The maximum absolute atomic E-state index is 13.5. The van der Waals surface area contributed by atoms with Gasteiger partial charge in [-0.25, -0.2) is 9.69 Å². The number of nitrogens with zero attached hydrogens (tertiary/aromatic N) is 1. The Morgan fingerprint density at radius 1 is 0.822 bits per heavy atom. The molecule has 0 spiro atoms. The van der Waals surface area contributed by atoms with Crippen molar-refractivity contribution in [3.8, 4) is 17.2 Å². The van der Waals surface area contributed by atoms with Crippen molar-refractivity contribution >= 4 is 80.3 Å². The van der Waals surface area contributed by atoms with E-state index in [1.807, 2.05) is 19.1 Å². The molecule has 4 aromatic rings. The summed E-state index contributed by atoms with van der Waals surface area (Å²) in [6, 6.07) is 21.1. The first-order chi connectivity index (χ1) is 21.6. The van der Waals surface area contributed by atoms with Crippen molar-refractivity contribution in [3.05, 3.63) is 121 Å². The number of ether oxygens (including phenoxy) is 3. The van der Waals surface area contributed by atoms with Gasteiger partial charge in [-0.3, -0.25) is 14.9 Å². The molecule has 5 rings (SSSR count). The van der Waals surface area contributed by atoms with Gasteiger partial charge in [-0.1, -0.05) is 53.0 Å². The van der Waals surface area contributed by atoms with Gasteiger partial charge < -0.3 is 14.2 Å². The predicted octanol–water partition coefficient (Wildman–Crippen LogP) is 8.63. The minimum atomic E-state index is -0.870. The molecule has 1 saturated heterocycles. The zero-order chi connectivity index (χ0) is 32.1. The summed E-state index contributed by atoms with van der Waals surface area (Å²) in [5.41, 5.74) is 2.12. The molecular formula is C33H24BrCl3N2O6. The minimum Gasteiger partial charge on any atom is -0.490 e. The van der Waals surface area contributed by atoms with Crippen LogP contribution in [0.4, 0.5) is 10.5 Å². The second-order valence-corrected chi connectivity index (χ2v) is 11.8.